The van der Waals surface area contributed by atoms with Crippen molar-refractivity contribution < 1.29 is 14.3 Å². The molecule has 162 valence electrons. The van der Waals surface area contributed by atoms with E-state index >= 15 is 0 Å². The van der Waals surface area contributed by atoms with Gasteiger partial charge < -0.3 is 15.2 Å². The monoisotopic (exact) mass is 414 g/mol. The number of hydrogen-bond donors (Lipinski definition) is 1. The summed E-state index contributed by atoms with van der Waals surface area (Å²) in [6, 6.07) is 6.00. The molecule has 2 fully saturated rings. The normalized spacial score (nSPS) is 19.7. The molecule has 2 aliphatic rings. The van der Waals surface area contributed by atoms with Crippen LogP contribution in [0.1, 0.15) is 62.0 Å². The van der Waals surface area contributed by atoms with Crippen molar-refractivity contribution in [1.82, 2.24) is 25.1 Å². The van der Waals surface area contributed by atoms with E-state index in [1.54, 1.807) is 14.2 Å². The highest BCUT2D eigenvalue weighted by atomic mass is 16.5. The highest BCUT2D eigenvalue weighted by molar-refractivity contribution is 5.76. The summed E-state index contributed by atoms with van der Waals surface area (Å²) in [6.07, 6.45) is 6.04. The summed E-state index contributed by atoms with van der Waals surface area (Å²) in [5.41, 5.74) is 6.54. The molecule has 1 aliphatic carbocycles. The van der Waals surface area contributed by atoms with E-state index in [-0.39, 0.29) is 17.9 Å². The fourth-order valence-corrected chi connectivity index (χ4v) is 4.78. The van der Waals surface area contributed by atoms with Crippen LogP contribution in [0.4, 0.5) is 0 Å². The van der Waals surface area contributed by atoms with E-state index in [1.807, 2.05) is 22.9 Å². The number of primary amides is 1. The molecule has 1 aromatic carbocycles. The number of nitrogens with two attached hydrogens (primary N) is 1. The average molecular weight is 415 g/mol. The molecule has 1 aromatic heterocycles. The largest absolute Gasteiger partial charge is 0.497 e. The third kappa shape index (κ3) is 3.98. The number of likely N-dealkylation sites (tertiary alicyclic amines) is 1. The molecule has 1 saturated heterocycles. The van der Waals surface area contributed by atoms with Gasteiger partial charge >= 0.3 is 0 Å². The van der Waals surface area contributed by atoms with Crippen molar-refractivity contribution in [2.45, 2.75) is 50.6 Å². The summed E-state index contributed by atoms with van der Waals surface area (Å²) in [7, 11) is 3.30. The maximum atomic E-state index is 11.7. The first-order valence-electron chi connectivity index (χ1n) is 10.7. The standard InChI is InChI=1S/C21H30N6O3/c1-29-16-7-8-17(18(13-16)30-2)19(26-11-9-14(10-12-26)20(22)28)21-23-24-25-27(21)15-5-3-4-6-15/h7-8,13-15,19H,3-6,9-12H2,1-2H3,(H2,22,28). The van der Waals surface area contributed by atoms with Crippen LogP contribution >= 0.6 is 0 Å². The molecular formula is C21H30N6O3. The van der Waals surface area contributed by atoms with Gasteiger partial charge in [-0.3, -0.25) is 9.69 Å². The number of tetrazole rings is 1. The summed E-state index contributed by atoms with van der Waals surface area (Å²) in [5, 5.41) is 12.9. The van der Waals surface area contributed by atoms with E-state index in [2.05, 4.69) is 20.4 Å². The van der Waals surface area contributed by atoms with E-state index < -0.39 is 0 Å². The van der Waals surface area contributed by atoms with Crippen molar-refractivity contribution in [1.29, 1.82) is 0 Å². The molecule has 0 radical (unpaired) electrons. The van der Waals surface area contributed by atoms with E-state index in [0.29, 0.717) is 6.04 Å². The zero-order valence-corrected chi connectivity index (χ0v) is 17.7. The Morgan fingerprint density at radius 1 is 1.13 bits per heavy atom. The zero-order chi connectivity index (χ0) is 21.1. The molecule has 0 spiro atoms. The molecule has 30 heavy (non-hydrogen) atoms. The van der Waals surface area contributed by atoms with Gasteiger partial charge in [0, 0.05) is 17.5 Å². The molecule has 1 saturated carbocycles. The third-order valence-corrected chi connectivity index (χ3v) is 6.47. The SMILES string of the molecule is COc1ccc(C(c2nnnn2C2CCCC2)N2CCC(C(N)=O)CC2)c(OC)c1. The maximum absolute atomic E-state index is 11.7. The van der Waals surface area contributed by atoms with Gasteiger partial charge in [-0.15, -0.1) is 5.10 Å². The first kappa shape index (κ1) is 20.6. The molecule has 4 rings (SSSR count). The van der Waals surface area contributed by atoms with Crippen LogP contribution in [0.5, 0.6) is 11.5 Å². The van der Waals surface area contributed by atoms with Crippen LogP contribution in [-0.4, -0.2) is 58.3 Å². The molecule has 1 atom stereocenters. The smallest absolute Gasteiger partial charge is 0.220 e. The van der Waals surface area contributed by atoms with Crippen molar-refractivity contribution in [2.75, 3.05) is 27.3 Å². The first-order valence-corrected chi connectivity index (χ1v) is 10.7. The number of carbonyl (C=O) groups is 1. The topological polar surface area (TPSA) is 108 Å². The van der Waals surface area contributed by atoms with Gasteiger partial charge in [0.05, 0.1) is 20.3 Å². The van der Waals surface area contributed by atoms with Crippen molar-refractivity contribution in [2.24, 2.45) is 11.7 Å². The lowest BCUT2D eigenvalue weighted by molar-refractivity contribution is -0.123. The number of nitrogens with zero attached hydrogens (tertiary/aromatic N) is 5. The van der Waals surface area contributed by atoms with Crippen LogP contribution in [0.2, 0.25) is 0 Å². The molecule has 1 amide bonds. The Hall–Kier alpha value is -2.68. The number of piperidine rings is 1. The Labute approximate surface area is 176 Å². The van der Waals surface area contributed by atoms with Crippen LogP contribution in [-0.2, 0) is 4.79 Å². The summed E-state index contributed by atoms with van der Waals surface area (Å²) in [6.45, 7) is 1.48. The Morgan fingerprint density at radius 3 is 2.50 bits per heavy atom. The number of hydrogen-bond acceptors (Lipinski definition) is 7. The predicted molar refractivity (Wildman–Crippen MR) is 110 cm³/mol. The van der Waals surface area contributed by atoms with Crippen LogP contribution in [0.3, 0.4) is 0 Å². The van der Waals surface area contributed by atoms with Crippen molar-refractivity contribution in [3.63, 3.8) is 0 Å². The van der Waals surface area contributed by atoms with Gasteiger partial charge in [-0.1, -0.05) is 12.8 Å². The second-order valence-electron chi connectivity index (χ2n) is 8.14. The van der Waals surface area contributed by atoms with E-state index in [0.717, 1.165) is 61.7 Å². The summed E-state index contributed by atoms with van der Waals surface area (Å²) in [5.74, 6) is 1.99. The molecule has 9 heteroatoms. The molecule has 1 unspecified atom stereocenters. The minimum absolute atomic E-state index is 0.0783. The van der Waals surface area contributed by atoms with Crippen molar-refractivity contribution >= 4 is 5.91 Å². The molecule has 0 bridgehead atoms. The predicted octanol–water partition coefficient (Wildman–Crippen LogP) is 2.09. The Kier molecular flexibility index (Phi) is 6.17. The summed E-state index contributed by atoms with van der Waals surface area (Å²) < 4.78 is 13.1. The van der Waals surface area contributed by atoms with E-state index in [1.165, 1.54) is 12.8 Å². The van der Waals surface area contributed by atoms with Gasteiger partial charge in [0.1, 0.15) is 17.5 Å². The van der Waals surface area contributed by atoms with Gasteiger partial charge in [0.15, 0.2) is 5.82 Å². The van der Waals surface area contributed by atoms with Gasteiger partial charge in [-0.05, 0) is 61.3 Å². The lowest BCUT2D eigenvalue weighted by Crippen LogP contribution is -2.41. The van der Waals surface area contributed by atoms with Crippen molar-refractivity contribution in [3.8, 4) is 11.5 Å². The van der Waals surface area contributed by atoms with Crippen LogP contribution < -0.4 is 15.2 Å². The fraction of sp³-hybridized carbons (Fsp3) is 0.619. The Balaban J connectivity index is 1.73. The number of carbonyl (C=O) groups excluding carboxylic acids is 1. The lowest BCUT2D eigenvalue weighted by Gasteiger charge is -2.37. The number of rotatable bonds is 7. The molecule has 2 aromatic rings. The van der Waals surface area contributed by atoms with Gasteiger partial charge in [0.25, 0.3) is 0 Å². The first-order chi connectivity index (χ1) is 14.6. The van der Waals surface area contributed by atoms with Crippen LogP contribution in [0.15, 0.2) is 18.2 Å². The van der Waals surface area contributed by atoms with Crippen LogP contribution in [0.25, 0.3) is 0 Å². The van der Waals surface area contributed by atoms with Crippen LogP contribution in [0, 0.1) is 5.92 Å². The number of benzene rings is 1. The molecule has 2 heterocycles. The summed E-state index contributed by atoms with van der Waals surface area (Å²) >= 11 is 0. The zero-order valence-electron chi connectivity index (χ0n) is 17.7. The highest BCUT2D eigenvalue weighted by Gasteiger charge is 2.35. The fourth-order valence-electron chi connectivity index (χ4n) is 4.78. The third-order valence-electron chi connectivity index (χ3n) is 6.47. The average Bonchev–Trinajstić information content (AvgIpc) is 3.46. The lowest BCUT2D eigenvalue weighted by atomic mass is 9.93. The van der Waals surface area contributed by atoms with E-state index in [4.69, 9.17) is 15.2 Å². The number of aromatic nitrogens is 4. The molecule has 9 nitrogen and oxygen atoms in total. The number of amides is 1. The maximum Gasteiger partial charge on any atom is 0.220 e. The van der Waals surface area contributed by atoms with Gasteiger partial charge in [-0.2, -0.15) is 0 Å². The summed E-state index contributed by atoms with van der Waals surface area (Å²) in [4.78, 5) is 14.0. The van der Waals surface area contributed by atoms with Gasteiger partial charge in [-0.25, -0.2) is 4.68 Å². The second kappa shape index (κ2) is 8.99. The number of ether oxygens (including phenoxy) is 2. The second-order valence-corrected chi connectivity index (χ2v) is 8.14. The van der Waals surface area contributed by atoms with Gasteiger partial charge in [0.2, 0.25) is 5.91 Å². The Bertz CT molecular complexity index is 871. The van der Waals surface area contributed by atoms with Crippen molar-refractivity contribution in [3.05, 3.63) is 29.6 Å². The molecule has 2 N–H and O–H groups in total. The van der Waals surface area contributed by atoms with E-state index in [9.17, 15) is 4.79 Å². The highest BCUT2D eigenvalue weighted by Crippen LogP contribution is 2.39. The minimum atomic E-state index is -0.219. The minimum Gasteiger partial charge on any atom is -0.497 e. The Morgan fingerprint density at radius 2 is 1.87 bits per heavy atom. The molecular weight excluding hydrogens is 384 g/mol. The molecule has 1 aliphatic heterocycles. The quantitative estimate of drug-likeness (QED) is 0.739. The number of methoxy groups -OCH3 is 2.